The number of aliphatic hydroxyl groups is 3. The van der Waals surface area contributed by atoms with E-state index in [1.54, 1.807) is 6.07 Å². The number of ether oxygens (including phenoxy) is 1. The van der Waals surface area contributed by atoms with Crippen LogP contribution in [0.1, 0.15) is 36.8 Å². The van der Waals surface area contributed by atoms with Gasteiger partial charge in [-0.2, -0.15) is 0 Å². The summed E-state index contributed by atoms with van der Waals surface area (Å²) in [7, 11) is 0. The van der Waals surface area contributed by atoms with Crippen molar-refractivity contribution in [2.75, 3.05) is 5.73 Å². The van der Waals surface area contributed by atoms with Gasteiger partial charge in [-0.1, -0.05) is 0 Å². The fourth-order valence-corrected chi connectivity index (χ4v) is 3.80. The summed E-state index contributed by atoms with van der Waals surface area (Å²) in [5.41, 5.74) is 1.77. The number of hydrogen-bond acceptors (Lipinski definition) is 7. The molecule has 5 N–H and O–H groups in total. The first kappa shape index (κ1) is 21.4. The second kappa shape index (κ2) is 7.41. The molecule has 31 heavy (non-hydrogen) atoms. The minimum absolute atomic E-state index is 0.154. The van der Waals surface area contributed by atoms with Crippen LogP contribution < -0.4 is 5.73 Å². The quantitative estimate of drug-likeness (QED) is 0.455. The van der Waals surface area contributed by atoms with Gasteiger partial charge in [-0.15, -0.1) is 0 Å². The third-order valence-electron chi connectivity index (χ3n) is 5.48. The number of aromatic nitrogens is 3. The van der Waals surface area contributed by atoms with E-state index < -0.39 is 59.3 Å². The topological polar surface area (TPSA) is 127 Å². The van der Waals surface area contributed by atoms with Crippen LogP contribution >= 0.6 is 0 Å². The molecule has 0 aliphatic carbocycles. The summed E-state index contributed by atoms with van der Waals surface area (Å²) >= 11 is 0. The van der Waals surface area contributed by atoms with Gasteiger partial charge in [0.05, 0.1) is 10.9 Å². The second-order valence-electron chi connectivity index (χ2n) is 7.48. The lowest BCUT2D eigenvalue weighted by Crippen LogP contribution is -2.47. The highest BCUT2D eigenvalue weighted by molar-refractivity contribution is 5.86. The lowest BCUT2D eigenvalue weighted by Gasteiger charge is -2.30. The van der Waals surface area contributed by atoms with E-state index in [0.29, 0.717) is 17.5 Å². The Balaban J connectivity index is 1.74. The molecule has 3 heterocycles. The number of aliphatic hydroxyl groups excluding tert-OH is 2. The Morgan fingerprint density at radius 3 is 2.58 bits per heavy atom. The predicted molar refractivity (Wildman–Crippen MR) is 98.8 cm³/mol. The molecule has 3 aromatic rings. The molecule has 5 atom stereocenters. The molecule has 2 aromatic heterocycles. The fourth-order valence-electron chi connectivity index (χ4n) is 3.80. The Labute approximate surface area is 172 Å². The smallest absolute Gasteiger partial charge is 0.266 e. The Kier molecular flexibility index (Phi) is 5.12. The first-order chi connectivity index (χ1) is 14.5. The lowest BCUT2D eigenvalue weighted by molar-refractivity contribution is -0.115. The number of halogens is 4. The summed E-state index contributed by atoms with van der Waals surface area (Å²) in [6.45, 7) is 1.12. The Bertz CT molecular complexity index is 1140. The van der Waals surface area contributed by atoms with E-state index in [2.05, 4.69) is 9.97 Å². The molecular weight excluding hydrogens is 424 g/mol. The minimum atomic E-state index is -3.33. The van der Waals surface area contributed by atoms with E-state index in [-0.39, 0.29) is 11.5 Å². The number of hydrogen-bond donors (Lipinski definition) is 4. The SMILES string of the molecule is C[C@@]1(O)[C@@H](C(O)c2cc(F)cc(C(F)F)c2F)O[C@@H](n2ccc3c(N)ncnc32)[C@@H]1O. The van der Waals surface area contributed by atoms with Crippen molar-refractivity contribution >= 4 is 16.9 Å². The van der Waals surface area contributed by atoms with Crippen molar-refractivity contribution < 1.29 is 37.6 Å². The van der Waals surface area contributed by atoms with Crippen LogP contribution in [0.15, 0.2) is 30.7 Å². The van der Waals surface area contributed by atoms with Gasteiger partial charge in [-0.05, 0) is 25.1 Å². The van der Waals surface area contributed by atoms with Crippen LogP contribution in [0.2, 0.25) is 0 Å². The number of anilines is 1. The molecule has 0 amide bonds. The number of fused-ring (bicyclic) bond motifs is 1. The van der Waals surface area contributed by atoms with E-state index in [0.717, 1.165) is 6.92 Å². The molecule has 8 nitrogen and oxygen atoms in total. The zero-order valence-corrected chi connectivity index (χ0v) is 16.0. The van der Waals surface area contributed by atoms with Gasteiger partial charge in [0.25, 0.3) is 6.43 Å². The molecule has 0 radical (unpaired) electrons. The number of rotatable bonds is 4. The van der Waals surface area contributed by atoms with Crippen LogP contribution in [0.4, 0.5) is 23.4 Å². The molecule has 1 unspecified atom stereocenters. The predicted octanol–water partition coefficient (Wildman–Crippen LogP) is 1.97. The van der Waals surface area contributed by atoms with E-state index in [9.17, 15) is 32.9 Å². The number of nitrogens with two attached hydrogens (primary N) is 1. The minimum Gasteiger partial charge on any atom is -0.385 e. The summed E-state index contributed by atoms with van der Waals surface area (Å²) < 4.78 is 61.4. The van der Waals surface area contributed by atoms with E-state index in [1.807, 2.05) is 0 Å². The van der Waals surface area contributed by atoms with Crippen LogP contribution in [-0.2, 0) is 4.74 Å². The van der Waals surface area contributed by atoms with Crippen molar-refractivity contribution in [3.05, 3.63) is 53.5 Å². The van der Waals surface area contributed by atoms with Crippen molar-refractivity contribution in [2.24, 2.45) is 0 Å². The van der Waals surface area contributed by atoms with E-state index in [1.165, 1.54) is 17.1 Å². The van der Waals surface area contributed by atoms with Gasteiger partial charge >= 0.3 is 0 Å². The molecule has 0 bridgehead atoms. The Morgan fingerprint density at radius 1 is 1.23 bits per heavy atom. The molecule has 4 rings (SSSR count). The summed E-state index contributed by atoms with van der Waals surface area (Å²) in [5, 5.41) is 32.6. The zero-order valence-electron chi connectivity index (χ0n) is 16.0. The third-order valence-corrected chi connectivity index (χ3v) is 5.48. The highest BCUT2D eigenvalue weighted by Gasteiger charge is 2.56. The maximum absolute atomic E-state index is 14.5. The summed E-state index contributed by atoms with van der Waals surface area (Å²) in [6, 6.07) is 2.39. The lowest BCUT2D eigenvalue weighted by atomic mass is 9.87. The van der Waals surface area contributed by atoms with Gasteiger partial charge in [0.1, 0.15) is 53.3 Å². The van der Waals surface area contributed by atoms with Gasteiger partial charge in [0.2, 0.25) is 0 Å². The van der Waals surface area contributed by atoms with E-state index in [4.69, 9.17) is 10.5 Å². The van der Waals surface area contributed by atoms with Gasteiger partial charge in [0.15, 0.2) is 6.23 Å². The maximum Gasteiger partial charge on any atom is 0.266 e. The average molecular weight is 442 g/mol. The highest BCUT2D eigenvalue weighted by Crippen LogP contribution is 2.44. The van der Waals surface area contributed by atoms with Crippen molar-refractivity contribution in [3.8, 4) is 0 Å². The first-order valence-electron chi connectivity index (χ1n) is 9.12. The van der Waals surface area contributed by atoms with Gasteiger partial charge in [-0.25, -0.2) is 27.5 Å². The van der Waals surface area contributed by atoms with Crippen molar-refractivity contribution in [3.63, 3.8) is 0 Å². The monoisotopic (exact) mass is 442 g/mol. The van der Waals surface area contributed by atoms with Crippen molar-refractivity contribution in [1.82, 2.24) is 14.5 Å². The molecule has 0 spiro atoms. The van der Waals surface area contributed by atoms with Gasteiger partial charge < -0.3 is 30.4 Å². The molecule has 1 aliphatic rings. The summed E-state index contributed by atoms with van der Waals surface area (Å²) in [5.74, 6) is -2.59. The van der Waals surface area contributed by atoms with Crippen LogP contribution in [-0.4, -0.2) is 47.7 Å². The number of nitrogen functional groups attached to an aromatic ring is 1. The van der Waals surface area contributed by atoms with Crippen LogP contribution in [0.3, 0.4) is 0 Å². The highest BCUT2D eigenvalue weighted by atomic mass is 19.3. The molecular formula is C19H18F4N4O4. The molecule has 166 valence electrons. The van der Waals surface area contributed by atoms with Crippen molar-refractivity contribution in [2.45, 2.75) is 43.5 Å². The zero-order chi connectivity index (χ0) is 22.7. The number of benzene rings is 1. The average Bonchev–Trinajstić information content (AvgIpc) is 3.23. The fraction of sp³-hybridized carbons (Fsp3) is 0.368. The van der Waals surface area contributed by atoms with Crippen LogP contribution in [0, 0.1) is 11.6 Å². The van der Waals surface area contributed by atoms with Gasteiger partial charge in [0, 0.05) is 11.8 Å². The molecule has 0 saturated carbocycles. The van der Waals surface area contributed by atoms with Crippen molar-refractivity contribution in [1.29, 1.82) is 0 Å². The molecule has 12 heteroatoms. The maximum atomic E-state index is 14.5. The van der Waals surface area contributed by atoms with E-state index >= 15 is 0 Å². The summed E-state index contributed by atoms with van der Waals surface area (Å²) in [6.07, 6.45) is -7.46. The third kappa shape index (κ3) is 3.31. The molecule has 1 aliphatic heterocycles. The molecule has 1 saturated heterocycles. The normalized spacial score (nSPS) is 27.3. The first-order valence-corrected chi connectivity index (χ1v) is 9.12. The Morgan fingerprint density at radius 2 is 1.90 bits per heavy atom. The molecule has 1 fully saturated rings. The van der Waals surface area contributed by atoms with Crippen LogP contribution in [0.25, 0.3) is 11.0 Å². The van der Waals surface area contributed by atoms with Crippen LogP contribution in [0.5, 0.6) is 0 Å². The largest absolute Gasteiger partial charge is 0.385 e. The summed E-state index contributed by atoms with van der Waals surface area (Å²) in [4.78, 5) is 7.90. The van der Waals surface area contributed by atoms with Gasteiger partial charge in [-0.3, -0.25) is 0 Å². The number of alkyl halides is 2. The Hall–Kier alpha value is -2.80. The standard InChI is InChI=1S/C19H18F4N4O4/c1-19(30)13(29)18(27-3-2-8-16(24)25-6-26-17(8)27)31-14(19)12(28)9-4-7(20)5-10(11(9)21)15(22)23/h2-6,12-15,18,28-30H,1H3,(H2,24,25,26)/t12?,13-,14+,18+,19-/m0/s1. The molecule has 1 aromatic carbocycles. The number of nitrogens with zero attached hydrogens (tertiary/aromatic N) is 3. The second-order valence-corrected chi connectivity index (χ2v) is 7.48.